The minimum atomic E-state index is 1.12. The molecule has 0 fully saturated rings. The Kier molecular flexibility index (Phi) is 9.38. The number of benzene rings is 2. The number of nitrogens with one attached hydrogen (secondary N) is 1. The van der Waals surface area contributed by atoms with Gasteiger partial charge in [-0.3, -0.25) is 0 Å². The zero-order chi connectivity index (χ0) is 13.8. The molecular weight excluding hydrogens is 218 g/mol. The third-order valence-corrected chi connectivity index (χ3v) is 2.08. The number of para-hydroxylation sites is 1. The fourth-order valence-electron chi connectivity index (χ4n) is 1.41. The summed E-state index contributed by atoms with van der Waals surface area (Å²) in [6, 6.07) is 18.5. The Hall–Kier alpha value is -1.76. The smallest absolute Gasteiger partial charge is 0.0386 e. The fourth-order valence-corrected chi connectivity index (χ4v) is 1.41. The summed E-state index contributed by atoms with van der Waals surface area (Å²) in [5.74, 6) is 0. The first-order chi connectivity index (χ1) is 8.84. The minimum absolute atomic E-state index is 1.12. The van der Waals surface area contributed by atoms with Crippen molar-refractivity contribution in [2.75, 3.05) is 5.32 Å². The number of aryl methyl sites for hydroxylation is 1. The number of anilines is 2. The molecule has 0 amide bonds. The van der Waals surface area contributed by atoms with E-state index in [0.29, 0.717) is 0 Å². The van der Waals surface area contributed by atoms with Crippen LogP contribution in [0.1, 0.15) is 33.3 Å². The van der Waals surface area contributed by atoms with Crippen LogP contribution in [0.15, 0.2) is 54.6 Å². The van der Waals surface area contributed by atoms with Gasteiger partial charge in [0.05, 0.1) is 0 Å². The van der Waals surface area contributed by atoms with E-state index in [9.17, 15) is 0 Å². The molecule has 0 unspecified atom stereocenters. The van der Waals surface area contributed by atoms with E-state index < -0.39 is 0 Å². The van der Waals surface area contributed by atoms with Gasteiger partial charge in [-0.05, 0) is 36.8 Å². The lowest BCUT2D eigenvalue weighted by molar-refractivity contribution is 1.45. The second kappa shape index (κ2) is 10.4. The van der Waals surface area contributed by atoms with Crippen molar-refractivity contribution in [2.24, 2.45) is 0 Å². The number of hydrogen-bond donors (Lipinski definition) is 1. The van der Waals surface area contributed by atoms with E-state index in [-0.39, 0.29) is 0 Å². The molecule has 98 valence electrons. The van der Waals surface area contributed by atoms with Gasteiger partial charge in [-0.25, -0.2) is 0 Å². The molecule has 0 aromatic heterocycles. The molecule has 0 saturated heterocycles. The normalized spacial score (nSPS) is 8.28. The lowest BCUT2D eigenvalue weighted by Crippen LogP contribution is -1.89. The van der Waals surface area contributed by atoms with Gasteiger partial charge in [-0.2, -0.15) is 0 Å². The molecule has 18 heavy (non-hydrogen) atoms. The Morgan fingerprint density at radius 2 is 1.22 bits per heavy atom. The SMILES string of the molecule is CC.CC.Cc1cccc(Nc2ccccc2)c1. The molecule has 0 saturated carbocycles. The highest BCUT2D eigenvalue weighted by Crippen LogP contribution is 2.16. The monoisotopic (exact) mass is 243 g/mol. The van der Waals surface area contributed by atoms with Crippen LogP contribution < -0.4 is 5.32 Å². The summed E-state index contributed by atoms with van der Waals surface area (Å²) in [6.07, 6.45) is 0. The standard InChI is InChI=1S/C13H13N.2C2H6/c1-11-6-5-9-13(10-11)14-12-7-3-2-4-8-12;2*1-2/h2-10,14H,1H3;2*1-2H3. The van der Waals surface area contributed by atoms with Crippen molar-refractivity contribution in [3.8, 4) is 0 Å². The van der Waals surface area contributed by atoms with Crippen molar-refractivity contribution in [3.63, 3.8) is 0 Å². The molecule has 0 atom stereocenters. The molecule has 0 aliphatic rings. The van der Waals surface area contributed by atoms with E-state index in [2.05, 4.69) is 48.6 Å². The quantitative estimate of drug-likeness (QED) is 0.703. The van der Waals surface area contributed by atoms with Gasteiger partial charge in [0.25, 0.3) is 0 Å². The highest BCUT2D eigenvalue weighted by atomic mass is 14.9. The molecule has 1 heteroatoms. The fraction of sp³-hybridized carbons (Fsp3) is 0.294. The van der Waals surface area contributed by atoms with Crippen LogP contribution in [-0.2, 0) is 0 Å². The summed E-state index contributed by atoms with van der Waals surface area (Å²) in [5.41, 5.74) is 3.53. The maximum absolute atomic E-state index is 3.34. The molecule has 2 aromatic carbocycles. The predicted octanol–water partition coefficient (Wildman–Crippen LogP) is 5.79. The van der Waals surface area contributed by atoms with Crippen molar-refractivity contribution in [2.45, 2.75) is 34.6 Å². The molecule has 2 aromatic rings. The Morgan fingerprint density at radius 1 is 0.667 bits per heavy atom. The Morgan fingerprint density at radius 3 is 1.78 bits per heavy atom. The van der Waals surface area contributed by atoms with Crippen LogP contribution in [0.3, 0.4) is 0 Å². The molecule has 0 aliphatic heterocycles. The topological polar surface area (TPSA) is 12.0 Å². The van der Waals surface area contributed by atoms with Gasteiger partial charge >= 0.3 is 0 Å². The predicted molar refractivity (Wildman–Crippen MR) is 83.6 cm³/mol. The zero-order valence-corrected chi connectivity index (χ0v) is 12.2. The maximum atomic E-state index is 3.34. The molecular formula is C17H25N. The van der Waals surface area contributed by atoms with Crippen molar-refractivity contribution >= 4 is 11.4 Å². The number of rotatable bonds is 2. The Bertz CT molecular complexity index is 407. The van der Waals surface area contributed by atoms with Gasteiger partial charge in [-0.1, -0.05) is 58.0 Å². The average Bonchev–Trinajstić information content (AvgIpc) is 2.44. The Labute approximate surface area is 112 Å². The van der Waals surface area contributed by atoms with Crippen LogP contribution in [0.4, 0.5) is 11.4 Å². The van der Waals surface area contributed by atoms with Crippen molar-refractivity contribution < 1.29 is 0 Å². The summed E-state index contributed by atoms with van der Waals surface area (Å²) in [5, 5.41) is 3.34. The second-order valence-electron chi connectivity index (χ2n) is 3.36. The molecule has 2 rings (SSSR count). The lowest BCUT2D eigenvalue weighted by Gasteiger charge is -2.06. The number of hydrogen-bond acceptors (Lipinski definition) is 1. The molecule has 1 nitrogen and oxygen atoms in total. The van der Waals surface area contributed by atoms with E-state index in [4.69, 9.17) is 0 Å². The summed E-state index contributed by atoms with van der Waals surface area (Å²) >= 11 is 0. The maximum Gasteiger partial charge on any atom is 0.0386 e. The van der Waals surface area contributed by atoms with Crippen molar-refractivity contribution in [1.82, 2.24) is 0 Å². The lowest BCUT2D eigenvalue weighted by atomic mass is 10.2. The third-order valence-electron chi connectivity index (χ3n) is 2.08. The van der Waals surface area contributed by atoms with Crippen LogP contribution in [0.2, 0.25) is 0 Å². The van der Waals surface area contributed by atoms with Gasteiger partial charge in [-0.15, -0.1) is 0 Å². The Balaban J connectivity index is 0.000000659. The molecule has 0 aliphatic carbocycles. The van der Waals surface area contributed by atoms with Gasteiger partial charge in [0.2, 0.25) is 0 Å². The van der Waals surface area contributed by atoms with Crippen LogP contribution in [-0.4, -0.2) is 0 Å². The van der Waals surface area contributed by atoms with Crippen LogP contribution in [0, 0.1) is 6.92 Å². The first kappa shape index (κ1) is 16.2. The van der Waals surface area contributed by atoms with Crippen LogP contribution >= 0.6 is 0 Å². The van der Waals surface area contributed by atoms with Crippen molar-refractivity contribution in [3.05, 3.63) is 60.2 Å². The van der Waals surface area contributed by atoms with E-state index in [1.807, 2.05) is 45.9 Å². The van der Waals surface area contributed by atoms with Gasteiger partial charge in [0, 0.05) is 11.4 Å². The zero-order valence-electron chi connectivity index (χ0n) is 12.2. The highest BCUT2D eigenvalue weighted by molar-refractivity contribution is 5.59. The van der Waals surface area contributed by atoms with E-state index in [0.717, 1.165) is 11.4 Å². The molecule has 0 bridgehead atoms. The minimum Gasteiger partial charge on any atom is -0.356 e. The van der Waals surface area contributed by atoms with Crippen molar-refractivity contribution in [1.29, 1.82) is 0 Å². The first-order valence-electron chi connectivity index (χ1n) is 6.73. The third kappa shape index (κ3) is 6.09. The average molecular weight is 243 g/mol. The van der Waals surface area contributed by atoms with Gasteiger partial charge in [0.15, 0.2) is 0 Å². The van der Waals surface area contributed by atoms with E-state index >= 15 is 0 Å². The summed E-state index contributed by atoms with van der Waals surface area (Å²) in [7, 11) is 0. The molecule has 0 radical (unpaired) electrons. The summed E-state index contributed by atoms with van der Waals surface area (Å²) in [4.78, 5) is 0. The van der Waals surface area contributed by atoms with Gasteiger partial charge in [0.1, 0.15) is 0 Å². The largest absolute Gasteiger partial charge is 0.356 e. The molecule has 1 N–H and O–H groups in total. The van der Waals surface area contributed by atoms with Crippen LogP contribution in [0.5, 0.6) is 0 Å². The summed E-state index contributed by atoms with van der Waals surface area (Å²) in [6.45, 7) is 10.1. The summed E-state index contributed by atoms with van der Waals surface area (Å²) < 4.78 is 0. The van der Waals surface area contributed by atoms with E-state index in [1.165, 1.54) is 5.56 Å². The van der Waals surface area contributed by atoms with E-state index in [1.54, 1.807) is 0 Å². The highest BCUT2D eigenvalue weighted by Gasteiger charge is 1.92. The van der Waals surface area contributed by atoms with Crippen LogP contribution in [0.25, 0.3) is 0 Å². The van der Waals surface area contributed by atoms with Gasteiger partial charge < -0.3 is 5.32 Å². The second-order valence-corrected chi connectivity index (χ2v) is 3.36. The first-order valence-corrected chi connectivity index (χ1v) is 6.73. The molecule has 0 heterocycles. The molecule has 0 spiro atoms.